The van der Waals surface area contributed by atoms with Gasteiger partial charge >= 0.3 is 12.2 Å². The van der Waals surface area contributed by atoms with E-state index in [4.69, 9.17) is 4.74 Å². The number of ether oxygens (including phenoxy) is 2. The minimum atomic E-state index is -0.811. The van der Waals surface area contributed by atoms with Crippen LogP contribution in [0.3, 0.4) is 0 Å². The number of hydrogen-bond donors (Lipinski definition) is 0. The summed E-state index contributed by atoms with van der Waals surface area (Å²) in [5.74, 6) is 0.467. The molecule has 1 aromatic rings. The first-order valence-corrected chi connectivity index (χ1v) is 7.54. The van der Waals surface area contributed by atoms with E-state index in [2.05, 4.69) is 14.9 Å². The number of hydrogen-bond acceptors (Lipinski definition) is 7. The molecule has 2 aliphatic rings. The molecule has 1 aliphatic heterocycles. The average molecular weight is 312 g/mol. The van der Waals surface area contributed by atoms with Gasteiger partial charge in [0.1, 0.15) is 5.01 Å². The second-order valence-corrected chi connectivity index (χ2v) is 6.07. The van der Waals surface area contributed by atoms with E-state index < -0.39 is 12.4 Å². The first-order chi connectivity index (χ1) is 10.1. The molecule has 0 radical (unpaired) electrons. The fourth-order valence-electron chi connectivity index (χ4n) is 2.13. The van der Waals surface area contributed by atoms with Gasteiger partial charge in [0.05, 0.1) is 7.11 Å². The molecule has 0 spiro atoms. The lowest BCUT2D eigenvalue weighted by Crippen LogP contribution is -2.54. The Morgan fingerprint density at radius 3 is 2.76 bits per heavy atom. The van der Waals surface area contributed by atoms with Gasteiger partial charge in [-0.25, -0.2) is 14.5 Å². The van der Waals surface area contributed by atoms with Crippen LogP contribution in [0.1, 0.15) is 30.2 Å². The van der Waals surface area contributed by atoms with Gasteiger partial charge in [0, 0.05) is 25.9 Å². The van der Waals surface area contributed by atoms with E-state index in [-0.39, 0.29) is 6.03 Å². The first-order valence-electron chi connectivity index (χ1n) is 6.72. The number of amides is 2. The third-order valence-electron chi connectivity index (χ3n) is 3.49. The van der Waals surface area contributed by atoms with Crippen LogP contribution in [-0.2, 0) is 9.47 Å². The van der Waals surface area contributed by atoms with Crippen LogP contribution in [-0.4, -0.2) is 54.2 Å². The molecule has 2 heterocycles. The summed E-state index contributed by atoms with van der Waals surface area (Å²) in [6.07, 6.45) is 1.21. The van der Waals surface area contributed by atoms with Gasteiger partial charge in [-0.1, -0.05) is 11.3 Å². The minimum Gasteiger partial charge on any atom is -0.438 e. The summed E-state index contributed by atoms with van der Waals surface area (Å²) in [6.45, 7) is 0.505. The quantitative estimate of drug-likeness (QED) is 0.791. The summed E-state index contributed by atoms with van der Waals surface area (Å²) in [5.41, 5.74) is 0. The normalized spacial score (nSPS) is 22.4. The van der Waals surface area contributed by atoms with E-state index in [1.165, 1.54) is 23.3 Å². The highest BCUT2D eigenvalue weighted by Crippen LogP contribution is 2.43. The number of anilines is 1. The maximum absolute atomic E-state index is 12.4. The van der Waals surface area contributed by atoms with Crippen LogP contribution in [0.4, 0.5) is 14.7 Å². The third kappa shape index (κ3) is 2.78. The van der Waals surface area contributed by atoms with Gasteiger partial charge in [0.25, 0.3) is 0 Å². The Bertz CT molecular complexity index is 559. The number of carbonyl (C=O) groups is 2. The standard InChI is InChI=1S/C12H16N4O4S/c1-15-6-5-8(20-12(18)19-2)16(11(15)17)10-14-13-9(21-10)7-3-4-7/h7-8H,3-6H2,1-2H3. The van der Waals surface area contributed by atoms with E-state index in [9.17, 15) is 9.59 Å². The molecule has 114 valence electrons. The molecule has 1 aromatic heterocycles. The van der Waals surface area contributed by atoms with Gasteiger partial charge in [-0.15, -0.1) is 10.2 Å². The fourth-order valence-corrected chi connectivity index (χ4v) is 3.18. The van der Waals surface area contributed by atoms with Crippen molar-refractivity contribution in [2.24, 2.45) is 0 Å². The predicted molar refractivity (Wildman–Crippen MR) is 74.3 cm³/mol. The molecule has 0 bridgehead atoms. The highest BCUT2D eigenvalue weighted by atomic mass is 32.1. The van der Waals surface area contributed by atoms with Crippen molar-refractivity contribution >= 4 is 28.7 Å². The van der Waals surface area contributed by atoms with Crippen molar-refractivity contribution in [3.05, 3.63) is 5.01 Å². The molecule has 1 aliphatic carbocycles. The molecule has 1 saturated carbocycles. The lowest BCUT2D eigenvalue weighted by atomic mass is 10.3. The Labute approximate surface area is 125 Å². The lowest BCUT2D eigenvalue weighted by Gasteiger charge is -2.36. The van der Waals surface area contributed by atoms with Gasteiger partial charge < -0.3 is 14.4 Å². The number of rotatable bonds is 3. The van der Waals surface area contributed by atoms with Crippen LogP contribution in [0.5, 0.6) is 0 Å². The Hall–Kier alpha value is -1.90. The summed E-state index contributed by atoms with van der Waals surface area (Å²) in [4.78, 5) is 26.6. The van der Waals surface area contributed by atoms with Crippen molar-refractivity contribution in [2.45, 2.75) is 31.4 Å². The van der Waals surface area contributed by atoms with E-state index in [1.807, 2.05) is 0 Å². The highest BCUT2D eigenvalue weighted by molar-refractivity contribution is 7.15. The molecule has 8 nitrogen and oxygen atoms in total. The first kappa shape index (κ1) is 14.1. The summed E-state index contributed by atoms with van der Waals surface area (Å²) >= 11 is 1.38. The predicted octanol–water partition coefficient (Wildman–Crippen LogP) is 1.79. The highest BCUT2D eigenvalue weighted by Gasteiger charge is 2.38. The van der Waals surface area contributed by atoms with Gasteiger partial charge in [0.2, 0.25) is 5.13 Å². The molecule has 2 fully saturated rings. The second-order valence-electron chi connectivity index (χ2n) is 5.09. The second kappa shape index (κ2) is 5.47. The lowest BCUT2D eigenvalue weighted by molar-refractivity contribution is 0.0255. The summed E-state index contributed by atoms with van der Waals surface area (Å²) in [6, 6.07) is -0.256. The van der Waals surface area contributed by atoms with Crippen molar-refractivity contribution in [3.8, 4) is 0 Å². The Morgan fingerprint density at radius 1 is 1.33 bits per heavy atom. The number of urea groups is 1. The molecule has 1 atom stereocenters. The Kier molecular flexibility index (Phi) is 3.66. The molecule has 2 amide bonds. The van der Waals surface area contributed by atoms with Crippen LogP contribution in [0, 0.1) is 0 Å². The van der Waals surface area contributed by atoms with Gasteiger partial charge in [-0.05, 0) is 12.8 Å². The number of carbonyl (C=O) groups excluding carboxylic acids is 2. The van der Waals surface area contributed by atoms with Gasteiger partial charge in [-0.2, -0.15) is 0 Å². The smallest absolute Gasteiger partial charge is 0.438 e. The number of nitrogens with zero attached hydrogens (tertiary/aromatic N) is 4. The van der Waals surface area contributed by atoms with Gasteiger partial charge in [0.15, 0.2) is 6.23 Å². The zero-order valence-electron chi connectivity index (χ0n) is 11.8. The minimum absolute atomic E-state index is 0.256. The van der Waals surface area contributed by atoms with Gasteiger partial charge in [-0.3, -0.25) is 0 Å². The van der Waals surface area contributed by atoms with E-state index in [0.717, 1.165) is 17.8 Å². The van der Waals surface area contributed by atoms with Crippen molar-refractivity contribution in [3.63, 3.8) is 0 Å². The summed E-state index contributed by atoms with van der Waals surface area (Å²) < 4.78 is 9.68. The van der Waals surface area contributed by atoms with Crippen molar-refractivity contribution in [1.82, 2.24) is 15.1 Å². The molecule has 1 saturated heterocycles. The monoisotopic (exact) mass is 312 g/mol. The molecule has 21 heavy (non-hydrogen) atoms. The van der Waals surface area contributed by atoms with Crippen molar-refractivity contribution < 1.29 is 19.1 Å². The van der Waals surface area contributed by atoms with E-state index in [1.54, 1.807) is 11.9 Å². The van der Waals surface area contributed by atoms with Crippen molar-refractivity contribution in [2.75, 3.05) is 25.6 Å². The molecule has 0 N–H and O–H groups in total. The van der Waals surface area contributed by atoms with Crippen LogP contribution in [0.2, 0.25) is 0 Å². The third-order valence-corrected chi connectivity index (χ3v) is 4.58. The number of aromatic nitrogens is 2. The molecule has 9 heteroatoms. The SMILES string of the molecule is COC(=O)OC1CCN(C)C(=O)N1c1nnc(C2CC2)s1. The maximum atomic E-state index is 12.4. The van der Waals surface area contributed by atoms with Crippen LogP contribution in [0.25, 0.3) is 0 Å². The van der Waals surface area contributed by atoms with Crippen LogP contribution >= 0.6 is 11.3 Å². The zero-order valence-corrected chi connectivity index (χ0v) is 12.6. The molecular formula is C12H16N4O4S. The maximum Gasteiger partial charge on any atom is 0.509 e. The van der Waals surface area contributed by atoms with Crippen molar-refractivity contribution in [1.29, 1.82) is 0 Å². The zero-order chi connectivity index (χ0) is 15.0. The van der Waals surface area contributed by atoms with E-state index >= 15 is 0 Å². The Morgan fingerprint density at radius 2 is 2.10 bits per heavy atom. The van der Waals surface area contributed by atoms with Crippen LogP contribution < -0.4 is 4.90 Å². The molecule has 0 aromatic carbocycles. The van der Waals surface area contributed by atoms with Crippen LogP contribution in [0.15, 0.2) is 0 Å². The topological polar surface area (TPSA) is 84.9 Å². The average Bonchev–Trinajstić information content (AvgIpc) is 3.22. The molecular weight excluding hydrogens is 296 g/mol. The Balaban J connectivity index is 1.84. The van der Waals surface area contributed by atoms with E-state index in [0.29, 0.717) is 24.0 Å². The summed E-state index contributed by atoms with van der Waals surface area (Å²) in [5, 5.41) is 9.61. The molecule has 1 unspecified atom stereocenters. The fraction of sp³-hybridized carbons (Fsp3) is 0.667. The summed E-state index contributed by atoms with van der Waals surface area (Å²) in [7, 11) is 2.94. The number of methoxy groups -OCH3 is 1. The molecule has 3 rings (SSSR count). The largest absolute Gasteiger partial charge is 0.509 e.